The van der Waals surface area contributed by atoms with E-state index in [0.717, 1.165) is 18.4 Å². The number of rotatable bonds is 20. The lowest BCUT2D eigenvalue weighted by molar-refractivity contribution is -0.169. The van der Waals surface area contributed by atoms with Gasteiger partial charge in [-0.25, -0.2) is 0 Å². The Labute approximate surface area is 206 Å². The van der Waals surface area contributed by atoms with E-state index < -0.39 is 5.60 Å². The molecule has 1 unspecified atom stereocenters. The first-order valence-electron chi connectivity index (χ1n) is 13.6. The van der Waals surface area contributed by atoms with Gasteiger partial charge in [-0.15, -0.1) is 0 Å². The summed E-state index contributed by atoms with van der Waals surface area (Å²) in [5.74, 6) is -0.468. The number of cyclic esters (lactones) is 1. The summed E-state index contributed by atoms with van der Waals surface area (Å²) in [4.78, 5) is 23.9. The normalized spacial score (nSPS) is 17.6. The molecule has 1 aliphatic heterocycles. The Morgan fingerprint density at radius 1 is 0.853 bits per heavy atom. The predicted molar refractivity (Wildman–Crippen MR) is 135 cm³/mol. The fraction of sp³-hybridized carbons (Fsp3) is 0.724. The first kappa shape index (κ1) is 28.4. The summed E-state index contributed by atoms with van der Waals surface area (Å²) < 4.78 is 16.8. The van der Waals surface area contributed by atoms with Crippen LogP contribution < -0.4 is 0 Å². The van der Waals surface area contributed by atoms with Gasteiger partial charge < -0.3 is 14.2 Å². The van der Waals surface area contributed by atoms with Crippen molar-refractivity contribution in [3.63, 3.8) is 0 Å². The second-order valence-electron chi connectivity index (χ2n) is 9.79. The van der Waals surface area contributed by atoms with Gasteiger partial charge in [0, 0.05) is 19.3 Å². The third-order valence-corrected chi connectivity index (χ3v) is 6.57. The smallest absolute Gasteiger partial charge is 0.306 e. The lowest BCUT2D eigenvalue weighted by Crippen LogP contribution is -2.40. The van der Waals surface area contributed by atoms with Gasteiger partial charge in [-0.2, -0.15) is 0 Å². The van der Waals surface area contributed by atoms with Gasteiger partial charge in [0.15, 0.2) is 5.60 Å². The van der Waals surface area contributed by atoms with E-state index in [1.54, 1.807) is 0 Å². The van der Waals surface area contributed by atoms with Gasteiger partial charge in [0.05, 0.1) is 13.2 Å². The summed E-state index contributed by atoms with van der Waals surface area (Å²) in [6.45, 7) is 3.01. The molecule has 0 N–H and O–H groups in total. The molecular formula is C29H46O5. The molecule has 0 spiro atoms. The van der Waals surface area contributed by atoms with E-state index in [0.29, 0.717) is 25.9 Å². The van der Waals surface area contributed by atoms with E-state index in [4.69, 9.17) is 14.2 Å². The van der Waals surface area contributed by atoms with Crippen molar-refractivity contribution in [1.29, 1.82) is 0 Å². The lowest BCUT2D eigenvalue weighted by Gasteiger charge is -2.27. The quantitative estimate of drug-likeness (QED) is 0.146. The standard InChI is InChI=1S/C29H46O5/c1-2-3-4-5-6-7-8-9-10-11-12-13-17-20-27(30)33-25-29(22-21-28(31)34-29)24-32-23-26-18-15-14-16-19-26/h14-16,18-19H,2-13,17,20-25H2,1H3. The molecule has 1 aliphatic rings. The lowest BCUT2D eigenvalue weighted by atomic mass is 10.0. The zero-order valence-corrected chi connectivity index (χ0v) is 21.4. The molecule has 5 heteroatoms. The van der Waals surface area contributed by atoms with Gasteiger partial charge in [-0.1, -0.05) is 114 Å². The molecule has 5 nitrogen and oxygen atoms in total. The SMILES string of the molecule is CCCCCCCCCCCCCCCC(=O)OCC1(COCc2ccccc2)CCC(=O)O1. The number of hydrogen-bond acceptors (Lipinski definition) is 5. The molecule has 0 aromatic heterocycles. The highest BCUT2D eigenvalue weighted by molar-refractivity contribution is 5.72. The fourth-order valence-electron chi connectivity index (χ4n) is 4.42. The Kier molecular flexibility index (Phi) is 14.6. The molecule has 192 valence electrons. The van der Waals surface area contributed by atoms with Gasteiger partial charge >= 0.3 is 11.9 Å². The molecular weight excluding hydrogens is 428 g/mol. The molecule has 0 bridgehead atoms. The maximum Gasteiger partial charge on any atom is 0.306 e. The summed E-state index contributed by atoms with van der Waals surface area (Å²) in [6.07, 6.45) is 17.9. The van der Waals surface area contributed by atoms with E-state index >= 15 is 0 Å². The molecule has 1 saturated heterocycles. The molecule has 0 saturated carbocycles. The second-order valence-corrected chi connectivity index (χ2v) is 9.79. The van der Waals surface area contributed by atoms with Crippen molar-refractivity contribution >= 4 is 11.9 Å². The number of unbranched alkanes of at least 4 members (excludes halogenated alkanes) is 12. The molecule has 1 heterocycles. The van der Waals surface area contributed by atoms with Crippen LogP contribution in [0.5, 0.6) is 0 Å². The third-order valence-electron chi connectivity index (χ3n) is 6.57. The second kappa shape index (κ2) is 17.5. The number of carbonyl (C=O) groups excluding carboxylic acids is 2. The van der Waals surface area contributed by atoms with Crippen molar-refractivity contribution < 1.29 is 23.8 Å². The van der Waals surface area contributed by atoms with Crippen LogP contribution in [-0.4, -0.2) is 30.8 Å². The van der Waals surface area contributed by atoms with Crippen molar-refractivity contribution in [2.24, 2.45) is 0 Å². The molecule has 0 aliphatic carbocycles. The summed E-state index contributed by atoms with van der Waals surface area (Å²) in [5, 5.41) is 0. The van der Waals surface area contributed by atoms with E-state index in [9.17, 15) is 9.59 Å². The van der Waals surface area contributed by atoms with E-state index in [1.165, 1.54) is 70.6 Å². The molecule has 2 rings (SSSR count). The average Bonchev–Trinajstić information content (AvgIpc) is 3.22. The summed E-state index contributed by atoms with van der Waals surface area (Å²) in [6, 6.07) is 9.86. The van der Waals surface area contributed by atoms with E-state index in [1.807, 2.05) is 30.3 Å². The predicted octanol–water partition coefficient (Wildman–Crippen LogP) is 7.30. The Morgan fingerprint density at radius 3 is 2.00 bits per heavy atom. The summed E-state index contributed by atoms with van der Waals surface area (Å²) in [5.41, 5.74) is 0.207. The van der Waals surface area contributed by atoms with Crippen molar-refractivity contribution in [2.75, 3.05) is 13.2 Å². The molecule has 1 atom stereocenters. The number of esters is 2. The maximum absolute atomic E-state index is 12.2. The van der Waals surface area contributed by atoms with Crippen molar-refractivity contribution in [1.82, 2.24) is 0 Å². The van der Waals surface area contributed by atoms with Crippen LogP contribution in [0.3, 0.4) is 0 Å². The van der Waals surface area contributed by atoms with Crippen LogP contribution in [-0.2, 0) is 30.4 Å². The molecule has 34 heavy (non-hydrogen) atoms. The maximum atomic E-state index is 12.2. The number of hydrogen-bond donors (Lipinski definition) is 0. The minimum atomic E-state index is -0.850. The molecule has 1 aromatic rings. The van der Waals surface area contributed by atoms with Crippen molar-refractivity contribution in [3.05, 3.63) is 35.9 Å². The Hall–Kier alpha value is -1.88. The molecule has 1 fully saturated rings. The van der Waals surface area contributed by atoms with Crippen LogP contribution in [0.4, 0.5) is 0 Å². The first-order chi connectivity index (χ1) is 16.6. The van der Waals surface area contributed by atoms with Gasteiger partial charge in [0.2, 0.25) is 0 Å². The topological polar surface area (TPSA) is 61.8 Å². The zero-order valence-electron chi connectivity index (χ0n) is 21.4. The highest BCUT2D eigenvalue weighted by Gasteiger charge is 2.42. The highest BCUT2D eigenvalue weighted by Crippen LogP contribution is 2.28. The van der Waals surface area contributed by atoms with Crippen LogP contribution in [0.15, 0.2) is 30.3 Å². The van der Waals surface area contributed by atoms with Crippen LogP contribution in [0.25, 0.3) is 0 Å². The Bertz CT molecular complexity index is 674. The average molecular weight is 475 g/mol. The third kappa shape index (κ3) is 12.5. The van der Waals surface area contributed by atoms with Gasteiger partial charge in [0.25, 0.3) is 0 Å². The van der Waals surface area contributed by atoms with Gasteiger partial charge in [0.1, 0.15) is 6.61 Å². The number of ether oxygens (including phenoxy) is 3. The van der Waals surface area contributed by atoms with E-state index in [2.05, 4.69) is 6.92 Å². The van der Waals surface area contributed by atoms with Crippen LogP contribution in [0.2, 0.25) is 0 Å². The minimum Gasteiger partial charge on any atom is -0.461 e. The first-order valence-corrected chi connectivity index (χ1v) is 13.6. The van der Waals surface area contributed by atoms with Crippen LogP contribution in [0.1, 0.15) is 115 Å². The monoisotopic (exact) mass is 474 g/mol. The van der Waals surface area contributed by atoms with E-state index in [-0.39, 0.29) is 25.2 Å². The number of benzene rings is 1. The van der Waals surface area contributed by atoms with Crippen molar-refractivity contribution in [2.45, 2.75) is 122 Å². The summed E-state index contributed by atoms with van der Waals surface area (Å²) in [7, 11) is 0. The minimum absolute atomic E-state index is 0.0742. The molecule has 0 radical (unpaired) electrons. The van der Waals surface area contributed by atoms with Crippen LogP contribution in [0, 0.1) is 0 Å². The van der Waals surface area contributed by atoms with Crippen molar-refractivity contribution in [3.8, 4) is 0 Å². The van der Waals surface area contributed by atoms with Gasteiger partial charge in [-0.05, 0) is 12.0 Å². The fourth-order valence-corrected chi connectivity index (χ4v) is 4.42. The highest BCUT2D eigenvalue weighted by atomic mass is 16.6. The molecule has 0 amide bonds. The van der Waals surface area contributed by atoms with Gasteiger partial charge in [-0.3, -0.25) is 9.59 Å². The Balaban J connectivity index is 1.49. The zero-order chi connectivity index (χ0) is 24.3. The largest absolute Gasteiger partial charge is 0.461 e. The summed E-state index contributed by atoms with van der Waals surface area (Å²) >= 11 is 0. The number of carbonyl (C=O) groups is 2. The van der Waals surface area contributed by atoms with Crippen LogP contribution >= 0.6 is 0 Å². The Morgan fingerprint density at radius 2 is 1.44 bits per heavy atom. The molecule has 1 aromatic carbocycles.